The van der Waals surface area contributed by atoms with E-state index in [-0.39, 0.29) is 23.9 Å². The summed E-state index contributed by atoms with van der Waals surface area (Å²) in [5, 5.41) is 18.8. The molecule has 2 atom stereocenters. The number of fused-ring (bicyclic) bond motifs is 2. The lowest BCUT2D eigenvalue weighted by atomic mass is 9.75. The van der Waals surface area contributed by atoms with E-state index in [1.807, 2.05) is 18.2 Å². The van der Waals surface area contributed by atoms with Crippen molar-refractivity contribution in [2.75, 3.05) is 4.90 Å². The Labute approximate surface area is 203 Å². The minimum Gasteiger partial charge on any atom is -0.478 e. The Bertz CT molecular complexity index is 1420. The standard InChI is InChI=1S/C29H25FN2O3/c1-17(2)28(21-9-7-19(14-31)8-10-21)16-29(28)24-13-22(30)11-12-25(24)32(27(29)35)15-20-5-4-6-23(18(20)3)26(33)34/h4-13,17H,15-16H2,1-3H3,(H,33,34). The number of aromatic carboxylic acids is 1. The van der Waals surface area contributed by atoms with E-state index in [1.165, 1.54) is 12.1 Å². The normalized spacial score (nSPS) is 22.4. The van der Waals surface area contributed by atoms with Gasteiger partial charge in [0.1, 0.15) is 5.82 Å². The Kier molecular flexibility index (Phi) is 5.06. The molecule has 1 saturated carbocycles. The summed E-state index contributed by atoms with van der Waals surface area (Å²) in [6.45, 7) is 6.09. The van der Waals surface area contributed by atoms with Crippen molar-refractivity contribution in [2.45, 2.75) is 44.6 Å². The first kappa shape index (κ1) is 22.8. The predicted octanol–water partition coefficient (Wildman–Crippen LogP) is 5.49. The summed E-state index contributed by atoms with van der Waals surface area (Å²) in [5.41, 5.74) is 2.93. The first-order valence-corrected chi connectivity index (χ1v) is 11.6. The number of carbonyl (C=O) groups is 2. The van der Waals surface area contributed by atoms with Crippen LogP contribution in [0.25, 0.3) is 0 Å². The molecule has 1 N–H and O–H groups in total. The Morgan fingerprint density at radius 3 is 2.51 bits per heavy atom. The molecule has 3 aromatic carbocycles. The van der Waals surface area contributed by atoms with Crippen LogP contribution in [0.5, 0.6) is 0 Å². The molecule has 0 saturated heterocycles. The minimum atomic E-state index is -1.02. The molecular weight excluding hydrogens is 443 g/mol. The summed E-state index contributed by atoms with van der Waals surface area (Å²) in [7, 11) is 0. The van der Waals surface area contributed by atoms with E-state index in [0.717, 1.165) is 11.1 Å². The third-order valence-corrected chi connectivity index (χ3v) is 8.02. The Hall–Kier alpha value is -3.98. The summed E-state index contributed by atoms with van der Waals surface area (Å²) in [5.74, 6) is -1.44. The van der Waals surface area contributed by atoms with Crippen molar-refractivity contribution >= 4 is 17.6 Å². The van der Waals surface area contributed by atoms with Crippen LogP contribution in [0.3, 0.4) is 0 Å². The third-order valence-electron chi connectivity index (χ3n) is 8.02. The highest BCUT2D eigenvalue weighted by molar-refractivity contribution is 6.12. The van der Waals surface area contributed by atoms with Crippen LogP contribution < -0.4 is 4.90 Å². The first-order valence-electron chi connectivity index (χ1n) is 11.6. The number of rotatable bonds is 5. The number of anilines is 1. The molecule has 5 nitrogen and oxygen atoms in total. The van der Waals surface area contributed by atoms with Gasteiger partial charge in [-0.05, 0) is 77.9 Å². The molecule has 1 fully saturated rings. The van der Waals surface area contributed by atoms with Crippen LogP contribution in [-0.4, -0.2) is 17.0 Å². The number of carbonyl (C=O) groups excluding carboxylic acids is 1. The second-order valence-corrected chi connectivity index (χ2v) is 9.84. The highest BCUT2D eigenvalue weighted by Crippen LogP contribution is 2.73. The Balaban J connectivity index is 1.64. The van der Waals surface area contributed by atoms with Crippen LogP contribution in [-0.2, 0) is 22.2 Å². The molecular formula is C29H25FN2O3. The van der Waals surface area contributed by atoms with Crippen LogP contribution in [0.2, 0.25) is 0 Å². The summed E-state index contributed by atoms with van der Waals surface area (Å²) in [4.78, 5) is 27.6. The highest BCUT2D eigenvalue weighted by Gasteiger charge is 2.77. The number of halogens is 1. The van der Waals surface area contributed by atoms with Gasteiger partial charge in [0.25, 0.3) is 0 Å². The summed E-state index contributed by atoms with van der Waals surface area (Å²) in [6, 6.07) is 19.0. The van der Waals surface area contributed by atoms with Gasteiger partial charge >= 0.3 is 5.97 Å². The SMILES string of the molecule is Cc1c(CN2C(=O)C3(CC3(c3ccc(C#N)cc3)C(C)C)c3cc(F)ccc32)cccc1C(=O)O. The summed E-state index contributed by atoms with van der Waals surface area (Å²) >= 11 is 0. The van der Waals surface area contributed by atoms with Gasteiger partial charge in [0, 0.05) is 11.1 Å². The van der Waals surface area contributed by atoms with Gasteiger partial charge in [-0.15, -0.1) is 0 Å². The Morgan fingerprint density at radius 2 is 1.89 bits per heavy atom. The van der Waals surface area contributed by atoms with E-state index < -0.39 is 22.6 Å². The average Bonchev–Trinajstić information content (AvgIpc) is 3.50. The molecule has 2 aliphatic rings. The fourth-order valence-electron chi connectivity index (χ4n) is 6.15. The zero-order valence-corrected chi connectivity index (χ0v) is 19.8. The second kappa shape index (κ2) is 7.78. The third kappa shape index (κ3) is 3.04. The lowest BCUT2D eigenvalue weighted by Gasteiger charge is -2.27. The fourth-order valence-corrected chi connectivity index (χ4v) is 6.15. The van der Waals surface area contributed by atoms with Crippen LogP contribution in [0, 0.1) is 30.0 Å². The maximum absolute atomic E-state index is 14.5. The number of benzene rings is 3. The van der Waals surface area contributed by atoms with Crippen molar-refractivity contribution in [3.8, 4) is 6.07 Å². The number of nitrogens with zero attached hydrogens (tertiary/aromatic N) is 2. The molecule has 5 rings (SSSR count). The van der Waals surface area contributed by atoms with E-state index in [2.05, 4.69) is 19.9 Å². The van der Waals surface area contributed by atoms with Gasteiger partial charge in [-0.2, -0.15) is 5.26 Å². The van der Waals surface area contributed by atoms with Crippen LogP contribution in [0.15, 0.2) is 60.7 Å². The summed E-state index contributed by atoms with van der Waals surface area (Å²) < 4.78 is 14.5. The van der Waals surface area contributed by atoms with Crippen LogP contribution in [0.1, 0.15) is 58.4 Å². The van der Waals surface area contributed by atoms with Gasteiger partial charge in [0.2, 0.25) is 5.91 Å². The van der Waals surface area contributed by atoms with Gasteiger partial charge < -0.3 is 10.0 Å². The second-order valence-electron chi connectivity index (χ2n) is 9.84. The Morgan fingerprint density at radius 1 is 1.17 bits per heavy atom. The molecule has 0 radical (unpaired) electrons. The van der Waals surface area contributed by atoms with Crippen molar-refractivity contribution in [3.63, 3.8) is 0 Å². The number of hydrogen-bond donors (Lipinski definition) is 1. The predicted molar refractivity (Wildman–Crippen MR) is 130 cm³/mol. The van der Waals surface area contributed by atoms with E-state index in [9.17, 15) is 24.3 Å². The van der Waals surface area contributed by atoms with Gasteiger partial charge in [-0.25, -0.2) is 9.18 Å². The minimum absolute atomic E-state index is 0.0764. The smallest absolute Gasteiger partial charge is 0.335 e. The zero-order chi connectivity index (χ0) is 25.1. The molecule has 6 heteroatoms. The monoisotopic (exact) mass is 468 g/mol. The van der Waals surface area contributed by atoms with Crippen molar-refractivity contribution in [2.24, 2.45) is 5.92 Å². The van der Waals surface area contributed by atoms with E-state index in [0.29, 0.717) is 28.8 Å². The van der Waals surface area contributed by atoms with Gasteiger partial charge in [-0.3, -0.25) is 4.79 Å². The first-order chi connectivity index (χ1) is 16.7. The molecule has 1 amide bonds. The molecule has 1 heterocycles. The number of hydrogen-bond acceptors (Lipinski definition) is 3. The molecule has 2 unspecified atom stereocenters. The van der Waals surface area contributed by atoms with Gasteiger partial charge in [-0.1, -0.05) is 38.1 Å². The lowest BCUT2D eigenvalue weighted by Crippen LogP contribution is -2.38. The molecule has 35 heavy (non-hydrogen) atoms. The molecule has 1 spiro atoms. The van der Waals surface area contributed by atoms with Crippen molar-refractivity contribution in [3.05, 3.63) is 99.9 Å². The number of nitriles is 1. The van der Waals surface area contributed by atoms with E-state index in [1.54, 1.807) is 42.2 Å². The van der Waals surface area contributed by atoms with Crippen molar-refractivity contribution in [1.82, 2.24) is 0 Å². The molecule has 0 bridgehead atoms. The molecule has 1 aliphatic carbocycles. The molecule has 0 aromatic heterocycles. The fraction of sp³-hybridized carbons (Fsp3) is 0.276. The lowest BCUT2D eigenvalue weighted by molar-refractivity contribution is -0.121. The average molecular weight is 469 g/mol. The molecule has 176 valence electrons. The van der Waals surface area contributed by atoms with Crippen molar-refractivity contribution in [1.29, 1.82) is 5.26 Å². The molecule has 1 aliphatic heterocycles. The zero-order valence-electron chi connectivity index (χ0n) is 19.8. The van der Waals surface area contributed by atoms with Gasteiger partial charge in [0.15, 0.2) is 0 Å². The van der Waals surface area contributed by atoms with E-state index in [4.69, 9.17) is 0 Å². The number of carboxylic acid groups (broad SMARTS) is 1. The van der Waals surface area contributed by atoms with Crippen molar-refractivity contribution < 1.29 is 19.1 Å². The quantitative estimate of drug-likeness (QED) is 0.537. The van der Waals surface area contributed by atoms with Crippen LogP contribution in [0.4, 0.5) is 10.1 Å². The van der Waals surface area contributed by atoms with E-state index >= 15 is 0 Å². The number of amides is 1. The largest absolute Gasteiger partial charge is 0.478 e. The topological polar surface area (TPSA) is 81.4 Å². The molecule has 3 aromatic rings. The summed E-state index contributed by atoms with van der Waals surface area (Å²) in [6.07, 6.45) is 0.545. The maximum atomic E-state index is 14.5. The van der Waals surface area contributed by atoms with Gasteiger partial charge in [0.05, 0.1) is 29.2 Å². The number of carboxylic acids is 1. The maximum Gasteiger partial charge on any atom is 0.335 e. The highest BCUT2D eigenvalue weighted by atomic mass is 19.1. The van der Waals surface area contributed by atoms with Crippen LogP contribution >= 0.6 is 0 Å².